The lowest BCUT2D eigenvalue weighted by atomic mass is 9.92. The molecule has 1 atom stereocenters. The van der Waals surface area contributed by atoms with Crippen LogP contribution in [0.3, 0.4) is 0 Å². The van der Waals surface area contributed by atoms with E-state index in [-0.39, 0.29) is 29.1 Å². The van der Waals surface area contributed by atoms with E-state index < -0.39 is 5.97 Å². The van der Waals surface area contributed by atoms with Gasteiger partial charge in [0, 0.05) is 25.2 Å². The maximum atomic E-state index is 13.2. The molecule has 164 valence electrons. The maximum Gasteiger partial charge on any atom is 0.338 e. The third kappa shape index (κ3) is 5.69. The Bertz CT molecular complexity index is 976. The fourth-order valence-corrected chi connectivity index (χ4v) is 3.93. The normalized spacial score (nSPS) is 16.0. The van der Waals surface area contributed by atoms with Gasteiger partial charge in [0.25, 0.3) is 5.91 Å². The molecule has 2 aromatic carbocycles. The summed E-state index contributed by atoms with van der Waals surface area (Å²) >= 11 is 0. The van der Waals surface area contributed by atoms with Gasteiger partial charge in [-0.05, 0) is 68.0 Å². The number of hydrogen-bond donors (Lipinski definition) is 1. The molecule has 1 heterocycles. The lowest BCUT2D eigenvalue weighted by Gasteiger charge is -2.33. The van der Waals surface area contributed by atoms with E-state index >= 15 is 0 Å². The number of hydrogen-bond acceptors (Lipinski definition) is 4. The van der Waals surface area contributed by atoms with E-state index in [1.54, 1.807) is 42.2 Å². The topological polar surface area (TPSA) is 75.7 Å². The quantitative estimate of drug-likeness (QED) is 0.703. The molecule has 1 fully saturated rings. The molecule has 2 amide bonds. The molecule has 0 aliphatic carbocycles. The molecule has 1 aliphatic heterocycles. The zero-order chi connectivity index (χ0) is 22.4. The van der Waals surface area contributed by atoms with Gasteiger partial charge in [-0.15, -0.1) is 0 Å². The minimum atomic E-state index is -0.537. The second kappa shape index (κ2) is 10.2. The Morgan fingerprint density at radius 1 is 1.16 bits per heavy atom. The maximum absolute atomic E-state index is 13.2. The SMILES string of the molecule is COC(=O)c1ccccc1C(=O)N1CCC[C@H](CCC(=O)Nc2ccc(F)cc2C)C1. The summed E-state index contributed by atoms with van der Waals surface area (Å²) in [6, 6.07) is 10.9. The predicted octanol–water partition coefficient (Wildman–Crippen LogP) is 4.19. The van der Waals surface area contributed by atoms with Gasteiger partial charge in [0.05, 0.1) is 18.2 Å². The Morgan fingerprint density at radius 2 is 1.90 bits per heavy atom. The lowest BCUT2D eigenvalue weighted by molar-refractivity contribution is -0.116. The standard InChI is InChI=1S/C24H27FN2O4/c1-16-14-18(25)10-11-21(16)26-22(28)12-9-17-6-5-13-27(15-17)23(29)19-7-3-4-8-20(19)24(30)31-2/h3-4,7-8,10-11,14,17H,5-6,9,12-13,15H2,1-2H3,(H,26,28)/t17-/m1/s1. The number of carbonyl (C=O) groups excluding carboxylic acids is 3. The number of carbonyl (C=O) groups is 3. The number of aryl methyl sites for hydroxylation is 1. The molecule has 1 aliphatic rings. The number of benzene rings is 2. The average Bonchev–Trinajstić information content (AvgIpc) is 2.78. The number of likely N-dealkylation sites (tertiary alicyclic amines) is 1. The van der Waals surface area contributed by atoms with Gasteiger partial charge in [-0.2, -0.15) is 0 Å². The van der Waals surface area contributed by atoms with Crippen LogP contribution in [0.15, 0.2) is 42.5 Å². The van der Waals surface area contributed by atoms with Crippen molar-refractivity contribution in [3.8, 4) is 0 Å². The molecule has 0 unspecified atom stereocenters. The van der Waals surface area contributed by atoms with E-state index in [4.69, 9.17) is 4.74 Å². The number of esters is 1. The summed E-state index contributed by atoms with van der Waals surface area (Å²) in [6.45, 7) is 2.90. The van der Waals surface area contributed by atoms with Gasteiger partial charge in [0.1, 0.15) is 5.82 Å². The molecule has 7 heteroatoms. The minimum absolute atomic E-state index is 0.130. The van der Waals surface area contributed by atoms with Crippen LogP contribution in [-0.4, -0.2) is 42.9 Å². The van der Waals surface area contributed by atoms with Gasteiger partial charge in [0.15, 0.2) is 0 Å². The Kier molecular flexibility index (Phi) is 7.39. The van der Waals surface area contributed by atoms with Crippen molar-refractivity contribution < 1.29 is 23.5 Å². The molecule has 2 aromatic rings. The highest BCUT2D eigenvalue weighted by Gasteiger charge is 2.27. The molecule has 0 bridgehead atoms. The van der Waals surface area contributed by atoms with Gasteiger partial charge >= 0.3 is 5.97 Å². The van der Waals surface area contributed by atoms with Crippen LogP contribution >= 0.6 is 0 Å². The van der Waals surface area contributed by atoms with Crippen molar-refractivity contribution in [2.75, 3.05) is 25.5 Å². The number of piperidine rings is 1. The number of anilines is 1. The van der Waals surface area contributed by atoms with E-state index in [9.17, 15) is 18.8 Å². The van der Waals surface area contributed by atoms with E-state index in [0.29, 0.717) is 42.7 Å². The van der Waals surface area contributed by atoms with Gasteiger partial charge < -0.3 is 15.0 Å². The molecule has 1 saturated heterocycles. The van der Waals surface area contributed by atoms with Crippen molar-refractivity contribution in [2.24, 2.45) is 5.92 Å². The zero-order valence-electron chi connectivity index (χ0n) is 17.8. The number of methoxy groups -OCH3 is 1. The first-order valence-corrected chi connectivity index (χ1v) is 10.4. The van der Waals surface area contributed by atoms with Gasteiger partial charge in [-0.25, -0.2) is 9.18 Å². The zero-order valence-corrected chi connectivity index (χ0v) is 17.8. The van der Waals surface area contributed by atoms with Crippen molar-refractivity contribution in [3.63, 3.8) is 0 Å². The van der Waals surface area contributed by atoms with Crippen molar-refractivity contribution in [1.82, 2.24) is 4.90 Å². The van der Waals surface area contributed by atoms with Gasteiger partial charge in [-0.1, -0.05) is 12.1 Å². The van der Waals surface area contributed by atoms with Crippen LogP contribution in [-0.2, 0) is 9.53 Å². The Labute approximate surface area is 181 Å². The molecule has 0 radical (unpaired) electrons. The average molecular weight is 426 g/mol. The molecular formula is C24H27FN2O4. The third-order valence-electron chi connectivity index (χ3n) is 5.61. The highest BCUT2D eigenvalue weighted by molar-refractivity contribution is 6.05. The van der Waals surface area contributed by atoms with Crippen LogP contribution in [0.2, 0.25) is 0 Å². The molecule has 1 N–H and O–H groups in total. The van der Waals surface area contributed by atoms with E-state index in [2.05, 4.69) is 5.32 Å². The van der Waals surface area contributed by atoms with Crippen molar-refractivity contribution in [3.05, 3.63) is 65.0 Å². The van der Waals surface area contributed by atoms with Crippen molar-refractivity contribution >= 4 is 23.5 Å². The first-order chi connectivity index (χ1) is 14.9. The van der Waals surface area contributed by atoms with E-state index in [1.807, 2.05) is 0 Å². The molecule has 0 spiro atoms. The molecule has 0 saturated carbocycles. The second-order valence-corrected chi connectivity index (χ2v) is 7.84. The predicted molar refractivity (Wildman–Crippen MR) is 115 cm³/mol. The molecule has 3 rings (SSSR count). The monoisotopic (exact) mass is 426 g/mol. The van der Waals surface area contributed by atoms with Gasteiger partial charge in [-0.3, -0.25) is 9.59 Å². The largest absolute Gasteiger partial charge is 0.465 e. The number of ether oxygens (including phenoxy) is 1. The van der Waals surface area contributed by atoms with Crippen LogP contribution in [0.4, 0.5) is 10.1 Å². The summed E-state index contributed by atoms with van der Waals surface area (Å²) < 4.78 is 18.0. The number of rotatable bonds is 6. The summed E-state index contributed by atoms with van der Waals surface area (Å²) in [6.07, 6.45) is 2.75. The van der Waals surface area contributed by atoms with Crippen LogP contribution in [0.1, 0.15) is 52.0 Å². The van der Waals surface area contributed by atoms with Crippen LogP contribution in [0.25, 0.3) is 0 Å². The molecule has 0 aromatic heterocycles. The highest BCUT2D eigenvalue weighted by Crippen LogP contribution is 2.24. The van der Waals surface area contributed by atoms with Gasteiger partial charge in [0.2, 0.25) is 5.91 Å². The number of halogens is 1. The Morgan fingerprint density at radius 3 is 2.61 bits per heavy atom. The summed E-state index contributed by atoms with van der Waals surface area (Å²) in [5, 5.41) is 2.83. The summed E-state index contributed by atoms with van der Waals surface area (Å²) in [4.78, 5) is 39.1. The third-order valence-corrected chi connectivity index (χ3v) is 5.61. The van der Waals surface area contributed by atoms with E-state index in [1.165, 1.54) is 19.2 Å². The smallest absolute Gasteiger partial charge is 0.338 e. The first-order valence-electron chi connectivity index (χ1n) is 10.4. The lowest BCUT2D eigenvalue weighted by Crippen LogP contribution is -2.40. The number of nitrogens with one attached hydrogen (secondary N) is 1. The van der Waals surface area contributed by atoms with E-state index in [0.717, 1.165) is 12.8 Å². The van der Waals surface area contributed by atoms with Crippen LogP contribution in [0, 0.1) is 18.7 Å². The fraction of sp³-hybridized carbons (Fsp3) is 0.375. The first kappa shape index (κ1) is 22.5. The highest BCUT2D eigenvalue weighted by atomic mass is 19.1. The van der Waals surface area contributed by atoms with Crippen LogP contribution in [0.5, 0.6) is 0 Å². The summed E-state index contributed by atoms with van der Waals surface area (Å²) in [5.74, 6) is -1.00. The Hall–Kier alpha value is -3.22. The summed E-state index contributed by atoms with van der Waals surface area (Å²) in [7, 11) is 1.29. The van der Waals surface area contributed by atoms with Crippen molar-refractivity contribution in [2.45, 2.75) is 32.6 Å². The molecule has 31 heavy (non-hydrogen) atoms. The minimum Gasteiger partial charge on any atom is -0.465 e. The molecular weight excluding hydrogens is 399 g/mol. The Balaban J connectivity index is 1.58. The second-order valence-electron chi connectivity index (χ2n) is 7.84. The van der Waals surface area contributed by atoms with Crippen LogP contribution < -0.4 is 5.32 Å². The number of nitrogens with zero attached hydrogens (tertiary/aromatic N) is 1. The fourth-order valence-electron chi connectivity index (χ4n) is 3.93. The molecule has 6 nitrogen and oxygen atoms in total. The van der Waals surface area contributed by atoms with Crippen molar-refractivity contribution in [1.29, 1.82) is 0 Å². The summed E-state index contributed by atoms with van der Waals surface area (Å²) in [5.41, 5.74) is 1.86. The number of amides is 2.